The number of anilines is 1. The summed E-state index contributed by atoms with van der Waals surface area (Å²) in [6, 6.07) is 14.1. The zero-order valence-electron chi connectivity index (χ0n) is 12.3. The smallest absolute Gasteiger partial charge is 0.182 e. The first kappa shape index (κ1) is 15.0. The Morgan fingerprint density at radius 2 is 1.83 bits per heavy atom. The normalized spacial score (nSPS) is 11.0. The number of rotatable bonds is 4. The fourth-order valence-electron chi connectivity index (χ4n) is 2.00. The van der Waals surface area contributed by atoms with Crippen LogP contribution in [0.4, 0.5) is 15.8 Å². The van der Waals surface area contributed by atoms with Crippen molar-refractivity contribution in [1.82, 2.24) is 4.98 Å². The molecule has 0 unspecified atom stereocenters. The van der Waals surface area contributed by atoms with Crippen LogP contribution in [-0.4, -0.2) is 17.2 Å². The van der Waals surface area contributed by atoms with Crippen LogP contribution in [0.25, 0.3) is 11.3 Å². The summed E-state index contributed by atoms with van der Waals surface area (Å²) < 4.78 is 5.10. The molecule has 1 heterocycles. The molecule has 1 aromatic heterocycles. The highest BCUT2D eigenvalue weighted by molar-refractivity contribution is 7.19. The van der Waals surface area contributed by atoms with Crippen LogP contribution in [0.15, 0.2) is 58.8 Å². The molecule has 0 aliphatic heterocycles. The highest BCUT2D eigenvalue weighted by Gasteiger charge is 2.14. The van der Waals surface area contributed by atoms with Crippen molar-refractivity contribution in [3.63, 3.8) is 0 Å². The second kappa shape index (κ2) is 6.45. The van der Waals surface area contributed by atoms with E-state index in [2.05, 4.69) is 15.2 Å². The fraction of sp³-hybridized carbons (Fsp3) is 0.0625. The van der Waals surface area contributed by atoms with Gasteiger partial charge in [-0.05, 0) is 36.4 Å². The largest absolute Gasteiger partial charge is 0.507 e. The molecule has 0 bridgehead atoms. The molecule has 3 N–H and O–H groups in total. The Morgan fingerprint density at radius 1 is 1.09 bits per heavy atom. The molecular formula is C16H14N4O2S. The summed E-state index contributed by atoms with van der Waals surface area (Å²) in [5.41, 5.74) is 7.55. The lowest BCUT2D eigenvalue weighted by atomic mass is 10.1. The van der Waals surface area contributed by atoms with E-state index in [4.69, 9.17) is 10.5 Å². The molecular weight excluding hydrogens is 312 g/mol. The van der Waals surface area contributed by atoms with Crippen molar-refractivity contribution in [2.24, 2.45) is 10.2 Å². The maximum atomic E-state index is 9.98. The summed E-state index contributed by atoms with van der Waals surface area (Å²) >= 11 is 1.22. The lowest BCUT2D eigenvalue weighted by Crippen LogP contribution is -1.83. The van der Waals surface area contributed by atoms with Gasteiger partial charge in [0.1, 0.15) is 17.2 Å². The van der Waals surface area contributed by atoms with Gasteiger partial charge in [0, 0.05) is 5.56 Å². The average molecular weight is 326 g/mol. The third kappa shape index (κ3) is 3.29. The van der Waals surface area contributed by atoms with Gasteiger partial charge in [0.25, 0.3) is 0 Å². The first-order valence-corrected chi connectivity index (χ1v) is 7.59. The van der Waals surface area contributed by atoms with Crippen molar-refractivity contribution < 1.29 is 9.84 Å². The number of benzene rings is 2. The summed E-state index contributed by atoms with van der Waals surface area (Å²) in [6.07, 6.45) is 0. The molecule has 0 aliphatic rings. The van der Waals surface area contributed by atoms with Crippen molar-refractivity contribution >= 4 is 27.2 Å². The summed E-state index contributed by atoms with van der Waals surface area (Å²) in [7, 11) is 1.61. The third-order valence-electron chi connectivity index (χ3n) is 3.11. The Morgan fingerprint density at radius 3 is 2.52 bits per heavy atom. The second-order valence-electron chi connectivity index (χ2n) is 4.62. The van der Waals surface area contributed by atoms with E-state index < -0.39 is 0 Å². The van der Waals surface area contributed by atoms with Crippen LogP contribution in [0.3, 0.4) is 0 Å². The molecule has 0 fully saturated rings. The van der Waals surface area contributed by atoms with Crippen LogP contribution in [0, 0.1) is 0 Å². The van der Waals surface area contributed by atoms with Crippen LogP contribution in [0.5, 0.6) is 11.5 Å². The number of methoxy groups -OCH3 is 1. The summed E-state index contributed by atoms with van der Waals surface area (Å²) in [5.74, 6) is 0.875. The zero-order valence-corrected chi connectivity index (χ0v) is 13.1. The molecule has 0 atom stereocenters. The molecule has 3 rings (SSSR count). The highest BCUT2D eigenvalue weighted by Crippen LogP contribution is 2.40. The lowest BCUT2D eigenvalue weighted by Gasteiger charge is -2.01. The number of aromatic nitrogens is 1. The van der Waals surface area contributed by atoms with E-state index in [-0.39, 0.29) is 5.75 Å². The molecule has 116 valence electrons. The molecule has 23 heavy (non-hydrogen) atoms. The standard InChI is InChI=1S/C16H14N4O2S/c1-22-11-8-6-10(7-9-11)19-20-15-14(18-16(17)23-15)12-4-2-3-5-13(12)21/h2-9,21H,1H3,(H2,17,18). The number of azo groups is 1. The van der Waals surface area contributed by atoms with Crippen molar-refractivity contribution in [2.75, 3.05) is 12.8 Å². The maximum absolute atomic E-state index is 9.98. The first-order chi connectivity index (χ1) is 11.2. The number of nitrogens with two attached hydrogens (primary N) is 1. The van der Waals surface area contributed by atoms with Gasteiger partial charge in [0.2, 0.25) is 0 Å². The van der Waals surface area contributed by atoms with Gasteiger partial charge in [0.15, 0.2) is 10.1 Å². The number of para-hydroxylation sites is 1. The van der Waals surface area contributed by atoms with Crippen LogP contribution < -0.4 is 10.5 Å². The maximum Gasteiger partial charge on any atom is 0.182 e. The lowest BCUT2D eigenvalue weighted by molar-refractivity contribution is 0.415. The minimum atomic E-state index is 0.124. The Labute approximate surface area is 136 Å². The van der Waals surface area contributed by atoms with Crippen LogP contribution in [-0.2, 0) is 0 Å². The number of thiazole rings is 1. The van der Waals surface area contributed by atoms with Crippen LogP contribution >= 0.6 is 11.3 Å². The van der Waals surface area contributed by atoms with Crippen molar-refractivity contribution in [2.45, 2.75) is 0 Å². The van der Waals surface area contributed by atoms with Gasteiger partial charge in [-0.1, -0.05) is 23.5 Å². The monoisotopic (exact) mass is 326 g/mol. The van der Waals surface area contributed by atoms with Gasteiger partial charge in [-0.15, -0.1) is 10.2 Å². The number of hydrogen-bond acceptors (Lipinski definition) is 7. The summed E-state index contributed by atoms with van der Waals surface area (Å²) in [4.78, 5) is 4.24. The Hall–Kier alpha value is -2.93. The molecule has 0 aliphatic carbocycles. The van der Waals surface area contributed by atoms with Gasteiger partial charge >= 0.3 is 0 Å². The molecule has 0 saturated carbocycles. The average Bonchev–Trinajstić information content (AvgIpc) is 2.94. The minimum absolute atomic E-state index is 0.124. The van der Waals surface area contributed by atoms with Gasteiger partial charge in [0.05, 0.1) is 12.8 Å². The van der Waals surface area contributed by atoms with Crippen molar-refractivity contribution in [1.29, 1.82) is 0 Å². The predicted octanol–water partition coefficient (Wildman–Crippen LogP) is 4.52. The Balaban J connectivity index is 1.94. The molecule has 7 heteroatoms. The molecule has 0 radical (unpaired) electrons. The number of aromatic hydroxyl groups is 1. The van der Waals surface area contributed by atoms with Gasteiger partial charge in [-0.3, -0.25) is 0 Å². The minimum Gasteiger partial charge on any atom is -0.507 e. The first-order valence-electron chi connectivity index (χ1n) is 6.78. The fourth-order valence-corrected chi connectivity index (χ4v) is 2.67. The quantitative estimate of drug-likeness (QED) is 0.689. The number of nitrogen functional groups attached to an aromatic ring is 1. The SMILES string of the molecule is COc1ccc(N=Nc2sc(N)nc2-c2ccccc2O)cc1. The van der Waals surface area contributed by atoms with Gasteiger partial charge < -0.3 is 15.6 Å². The molecule has 3 aromatic rings. The van der Waals surface area contributed by atoms with E-state index in [9.17, 15) is 5.11 Å². The highest BCUT2D eigenvalue weighted by atomic mass is 32.1. The van der Waals surface area contributed by atoms with Crippen molar-refractivity contribution in [3.05, 3.63) is 48.5 Å². The van der Waals surface area contributed by atoms with E-state index in [1.165, 1.54) is 11.3 Å². The number of phenols is 1. The second-order valence-corrected chi connectivity index (χ2v) is 5.63. The number of phenolic OH excluding ortho intramolecular Hbond substituents is 1. The Bertz CT molecular complexity index is 844. The van der Waals surface area contributed by atoms with E-state index >= 15 is 0 Å². The number of ether oxygens (including phenoxy) is 1. The van der Waals surface area contributed by atoms with E-state index in [1.807, 2.05) is 6.07 Å². The number of hydrogen-bond donors (Lipinski definition) is 2. The Kier molecular flexibility index (Phi) is 4.20. The topological polar surface area (TPSA) is 93.1 Å². The molecule has 0 amide bonds. The number of nitrogens with zero attached hydrogens (tertiary/aromatic N) is 3. The zero-order chi connectivity index (χ0) is 16.2. The van der Waals surface area contributed by atoms with E-state index in [0.717, 1.165) is 5.75 Å². The summed E-state index contributed by atoms with van der Waals surface area (Å²) in [6.45, 7) is 0. The van der Waals surface area contributed by atoms with Gasteiger partial charge in [-0.2, -0.15) is 0 Å². The molecule has 6 nitrogen and oxygen atoms in total. The van der Waals surface area contributed by atoms with Crippen LogP contribution in [0.2, 0.25) is 0 Å². The van der Waals surface area contributed by atoms with E-state index in [0.29, 0.717) is 27.1 Å². The van der Waals surface area contributed by atoms with Crippen LogP contribution in [0.1, 0.15) is 0 Å². The summed E-state index contributed by atoms with van der Waals surface area (Å²) in [5, 5.41) is 19.3. The predicted molar refractivity (Wildman–Crippen MR) is 90.8 cm³/mol. The molecule has 0 saturated heterocycles. The molecule has 0 spiro atoms. The van der Waals surface area contributed by atoms with E-state index in [1.54, 1.807) is 49.6 Å². The molecule has 2 aromatic carbocycles. The van der Waals surface area contributed by atoms with Gasteiger partial charge in [-0.25, -0.2) is 4.98 Å². The third-order valence-corrected chi connectivity index (χ3v) is 3.88. The van der Waals surface area contributed by atoms with Crippen molar-refractivity contribution in [3.8, 4) is 22.8 Å².